The molecule has 1 aliphatic heterocycles. The van der Waals surface area contributed by atoms with Crippen molar-refractivity contribution in [1.29, 1.82) is 0 Å². The molecule has 2 aromatic heterocycles. The number of ether oxygens (including phenoxy) is 2. The number of hydrogen-bond acceptors (Lipinski definition) is 6. The van der Waals surface area contributed by atoms with Gasteiger partial charge in [0.2, 0.25) is 5.60 Å². The Morgan fingerprint density at radius 1 is 0.925 bits per heavy atom. The zero-order chi connectivity index (χ0) is 27.9. The molecule has 0 bridgehead atoms. The van der Waals surface area contributed by atoms with Gasteiger partial charge in [0.1, 0.15) is 11.4 Å². The first-order valence-corrected chi connectivity index (χ1v) is 13.8. The average Bonchev–Trinajstić information content (AvgIpc) is 3.45. The van der Waals surface area contributed by atoms with Crippen molar-refractivity contribution in [3.63, 3.8) is 0 Å². The summed E-state index contributed by atoms with van der Waals surface area (Å²) in [6, 6.07) is 24.6. The molecule has 0 radical (unpaired) electrons. The highest BCUT2D eigenvalue weighted by molar-refractivity contribution is 5.97. The van der Waals surface area contributed by atoms with E-state index >= 15 is 0 Å². The van der Waals surface area contributed by atoms with Crippen molar-refractivity contribution in [2.24, 2.45) is 0 Å². The SMILES string of the molecule is CCOc1cc(N(CC)c2ccccc2)ccc1C1(c2c(C)n(CC)c3ccccc23)OC(=O)c2nccnc21. The number of nitrogens with zero attached hydrogens (tertiary/aromatic N) is 4. The monoisotopic (exact) mass is 532 g/mol. The summed E-state index contributed by atoms with van der Waals surface area (Å²) in [5.41, 5.74) is 5.10. The molecule has 0 spiro atoms. The highest BCUT2D eigenvalue weighted by Crippen LogP contribution is 2.52. The predicted octanol–water partition coefficient (Wildman–Crippen LogP) is 6.78. The summed E-state index contributed by atoms with van der Waals surface area (Å²) < 4.78 is 15.0. The van der Waals surface area contributed by atoms with E-state index in [4.69, 9.17) is 14.5 Å². The van der Waals surface area contributed by atoms with Crippen molar-refractivity contribution < 1.29 is 14.3 Å². The van der Waals surface area contributed by atoms with E-state index in [0.717, 1.165) is 52.2 Å². The second-order valence-corrected chi connectivity index (χ2v) is 9.74. The Balaban J connectivity index is 1.67. The van der Waals surface area contributed by atoms with Gasteiger partial charge >= 0.3 is 5.97 Å². The van der Waals surface area contributed by atoms with E-state index in [1.54, 1.807) is 6.20 Å². The average molecular weight is 533 g/mol. The van der Waals surface area contributed by atoms with Gasteiger partial charge in [0.15, 0.2) is 5.69 Å². The first kappa shape index (κ1) is 25.6. The number of para-hydroxylation sites is 2. The molecular formula is C33H32N4O3. The van der Waals surface area contributed by atoms with Crippen molar-refractivity contribution in [2.75, 3.05) is 18.1 Å². The number of aryl methyl sites for hydroxylation is 1. The quantitative estimate of drug-likeness (QED) is 0.205. The second kappa shape index (κ2) is 10.2. The number of carbonyl (C=O) groups is 1. The molecule has 7 nitrogen and oxygen atoms in total. The molecule has 6 rings (SSSR count). The van der Waals surface area contributed by atoms with Crippen LogP contribution in [0.25, 0.3) is 10.9 Å². The minimum atomic E-state index is -1.34. The maximum absolute atomic E-state index is 13.4. The second-order valence-electron chi connectivity index (χ2n) is 9.74. The van der Waals surface area contributed by atoms with Crippen LogP contribution in [0.15, 0.2) is 85.2 Å². The normalized spacial score (nSPS) is 16.1. The molecule has 0 fully saturated rings. The number of carbonyl (C=O) groups excluding carboxylic acids is 1. The van der Waals surface area contributed by atoms with Gasteiger partial charge in [0.25, 0.3) is 0 Å². The van der Waals surface area contributed by atoms with Gasteiger partial charge < -0.3 is 18.9 Å². The molecule has 0 saturated carbocycles. The lowest BCUT2D eigenvalue weighted by Crippen LogP contribution is -2.32. The van der Waals surface area contributed by atoms with Crippen LogP contribution in [0.3, 0.4) is 0 Å². The zero-order valence-electron chi connectivity index (χ0n) is 23.2. The van der Waals surface area contributed by atoms with Gasteiger partial charge in [-0.05, 0) is 58.0 Å². The molecular weight excluding hydrogens is 500 g/mol. The Kier molecular flexibility index (Phi) is 6.50. The van der Waals surface area contributed by atoms with Gasteiger partial charge in [-0.25, -0.2) is 9.78 Å². The molecule has 1 atom stereocenters. The number of cyclic esters (lactones) is 1. The smallest absolute Gasteiger partial charge is 0.360 e. The van der Waals surface area contributed by atoms with Crippen LogP contribution in [-0.4, -0.2) is 33.7 Å². The minimum absolute atomic E-state index is 0.223. The molecule has 3 heterocycles. The van der Waals surface area contributed by atoms with Crippen molar-refractivity contribution in [1.82, 2.24) is 14.5 Å². The van der Waals surface area contributed by atoms with Gasteiger partial charge in [-0.3, -0.25) is 4.98 Å². The van der Waals surface area contributed by atoms with E-state index in [1.165, 1.54) is 6.20 Å². The first-order chi connectivity index (χ1) is 19.5. The Morgan fingerprint density at radius 3 is 2.42 bits per heavy atom. The third kappa shape index (κ3) is 3.76. The van der Waals surface area contributed by atoms with Crippen LogP contribution in [-0.2, 0) is 16.9 Å². The third-order valence-corrected chi connectivity index (χ3v) is 7.71. The minimum Gasteiger partial charge on any atom is -0.493 e. The van der Waals surface area contributed by atoms with Crippen molar-refractivity contribution in [2.45, 2.75) is 39.8 Å². The van der Waals surface area contributed by atoms with Gasteiger partial charge in [-0.2, -0.15) is 0 Å². The van der Waals surface area contributed by atoms with E-state index in [0.29, 0.717) is 18.1 Å². The largest absolute Gasteiger partial charge is 0.493 e. The number of esters is 1. The summed E-state index contributed by atoms with van der Waals surface area (Å²) in [6.45, 7) is 10.3. The Bertz CT molecular complexity index is 1710. The highest BCUT2D eigenvalue weighted by atomic mass is 16.6. The summed E-state index contributed by atoms with van der Waals surface area (Å²) in [6.07, 6.45) is 3.15. The van der Waals surface area contributed by atoms with Crippen LogP contribution in [0.2, 0.25) is 0 Å². The fourth-order valence-electron chi connectivity index (χ4n) is 6.12. The fraction of sp³-hybridized carbons (Fsp3) is 0.242. The number of aromatic nitrogens is 3. The molecule has 5 aromatic rings. The van der Waals surface area contributed by atoms with Crippen LogP contribution >= 0.6 is 0 Å². The maximum Gasteiger partial charge on any atom is 0.360 e. The Labute approximate surface area is 234 Å². The number of benzene rings is 3. The molecule has 7 heteroatoms. The topological polar surface area (TPSA) is 69.5 Å². The number of anilines is 2. The molecule has 0 saturated heterocycles. The Hall–Kier alpha value is -4.65. The standard InChI is InChI=1S/C33H32N4O3/c1-5-36-22(4)29(25-15-11-12-16-27(25)36)33(31-30(32(38)40-33)34-19-20-35-31)26-18-17-24(21-28(26)39-7-3)37(6-2)23-13-9-8-10-14-23/h8-21H,5-7H2,1-4H3. The van der Waals surface area contributed by atoms with Crippen LogP contribution in [0.1, 0.15) is 53.8 Å². The van der Waals surface area contributed by atoms with Gasteiger partial charge in [-0.1, -0.05) is 36.4 Å². The lowest BCUT2D eigenvalue weighted by atomic mass is 9.81. The summed E-state index contributed by atoms with van der Waals surface area (Å²) in [7, 11) is 0. The van der Waals surface area contributed by atoms with Crippen molar-refractivity contribution in [3.05, 3.63) is 113 Å². The van der Waals surface area contributed by atoms with E-state index in [1.807, 2.05) is 49.4 Å². The van der Waals surface area contributed by atoms with Crippen LogP contribution in [0.5, 0.6) is 5.75 Å². The molecule has 40 heavy (non-hydrogen) atoms. The molecule has 1 aliphatic rings. The molecule has 0 amide bonds. The summed E-state index contributed by atoms with van der Waals surface area (Å²) in [5.74, 6) is 0.134. The van der Waals surface area contributed by atoms with Gasteiger partial charge in [0, 0.05) is 70.6 Å². The summed E-state index contributed by atoms with van der Waals surface area (Å²) in [4.78, 5) is 24.8. The van der Waals surface area contributed by atoms with Gasteiger partial charge in [0.05, 0.1) is 6.61 Å². The van der Waals surface area contributed by atoms with E-state index in [9.17, 15) is 4.79 Å². The van der Waals surface area contributed by atoms with Crippen molar-refractivity contribution in [3.8, 4) is 5.75 Å². The number of fused-ring (bicyclic) bond motifs is 2. The van der Waals surface area contributed by atoms with Gasteiger partial charge in [-0.15, -0.1) is 0 Å². The number of rotatable bonds is 8. The van der Waals surface area contributed by atoms with E-state index in [2.05, 4.69) is 65.6 Å². The van der Waals surface area contributed by atoms with E-state index < -0.39 is 11.6 Å². The van der Waals surface area contributed by atoms with Crippen molar-refractivity contribution >= 4 is 28.2 Å². The molecule has 202 valence electrons. The maximum atomic E-state index is 13.4. The number of hydrogen-bond donors (Lipinski definition) is 0. The first-order valence-electron chi connectivity index (χ1n) is 13.8. The lowest BCUT2D eigenvalue weighted by molar-refractivity contribution is 0.0235. The highest BCUT2D eigenvalue weighted by Gasteiger charge is 2.54. The molecule has 1 unspecified atom stereocenters. The fourth-order valence-corrected chi connectivity index (χ4v) is 6.12. The summed E-state index contributed by atoms with van der Waals surface area (Å²) in [5, 5.41) is 0.999. The van der Waals surface area contributed by atoms with Crippen LogP contribution < -0.4 is 9.64 Å². The summed E-state index contributed by atoms with van der Waals surface area (Å²) >= 11 is 0. The predicted molar refractivity (Wildman–Crippen MR) is 156 cm³/mol. The zero-order valence-corrected chi connectivity index (χ0v) is 23.2. The van der Waals surface area contributed by atoms with Crippen LogP contribution in [0, 0.1) is 6.92 Å². The molecule has 0 aliphatic carbocycles. The molecule has 3 aromatic carbocycles. The lowest BCUT2D eigenvalue weighted by Gasteiger charge is -2.32. The third-order valence-electron chi connectivity index (χ3n) is 7.71. The van der Waals surface area contributed by atoms with E-state index in [-0.39, 0.29) is 5.69 Å². The molecule has 0 N–H and O–H groups in total. The van der Waals surface area contributed by atoms with Crippen LogP contribution in [0.4, 0.5) is 11.4 Å². The Morgan fingerprint density at radius 2 is 1.68 bits per heavy atom.